The molecular formula is C29H30N2O6. The number of carbonyl (C=O) groups excluding carboxylic acids is 2. The third-order valence-corrected chi connectivity index (χ3v) is 6.08. The van der Waals surface area contributed by atoms with Gasteiger partial charge in [-0.05, 0) is 47.4 Å². The van der Waals surface area contributed by atoms with Crippen molar-refractivity contribution in [2.24, 2.45) is 5.92 Å². The number of hydrogen-bond acceptors (Lipinski definition) is 6. The van der Waals surface area contributed by atoms with Gasteiger partial charge in [0, 0.05) is 17.2 Å². The van der Waals surface area contributed by atoms with Gasteiger partial charge in [0.05, 0.1) is 33.4 Å². The van der Waals surface area contributed by atoms with Crippen LogP contribution in [0.15, 0.2) is 72.6 Å². The van der Waals surface area contributed by atoms with Crippen LogP contribution < -0.4 is 24.3 Å². The van der Waals surface area contributed by atoms with E-state index in [0.29, 0.717) is 40.9 Å². The van der Waals surface area contributed by atoms with Gasteiger partial charge in [-0.15, -0.1) is 0 Å². The fourth-order valence-electron chi connectivity index (χ4n) is 4.25. The molecule has 3 aromatic rings. The number of benzene rings is 2. The van der Waals surface area contributed by atoms with Crippen molar-refractivity contribution in [1.82, 2.24) is 4.90 Å². The maximum absolute atomic E-state index is 13.7. The average Bonchev–Trinajstić information content (AvgIpc) is 3.16. The molecule has 0 spiro atoms. The zero-order valence-corrected chi connectivity index (χ0v) is 21.3. The summed E-state index contributed by atoms with van der Waals surface area (Å²) in [6.07, 6.45) is 3.50. The molecule has 1 aliphatic rings. The molecule has 1 unspecified atom stereocenters. The molecular weight excluding hydrogens is 472 g/mol. The number of nitrogens with one attached hydrogen (secondary N) is 1. The van der Waals surface area contributed by atoms with E-state index in [9.17, 15) is 14.7 Å². The van der Waals surface area contributed by atoms with E-state index in [4.69, 9.17) is 14.2 Å². The van der Waals surface area contributed by atoms with Gasteiger partial charge in [0.1, 0.15) is 5.75 Å². The van der Waals surface area contributed by atoms with Crippen LogP contribution in [0.4, 0.5) is 0 Å². The Labute approximate surface area is 216 Å². The van der Waals surface area contributed by atoms with Crippen molar-refractivity contribution in [3.8, 4) is 17.2 Å². The summed E-state index contributed by atoms with van der Waals surface area (Å²) < 4.78 is 16.5. The number of aromatic nitrogens is 1. The molecule has 1 aliphatic heterocycles. The van der Waals surface area contributed by atoms with Crippen LogP contribution in [0, 0.1) is 5.92 Å². The first-order valence-corrected chi connectivity index (χ1v) is 12.0. The highest BCUT2D eigenvalue weighted by molar-refractivity contribution is 6.46. The zero-order valence-electron chi connectivity index (χ0n) is 21.3. The van der Waals surface area contributed by atoms with Crippen molar-refractivity contribution < 1.29 is 33.9 Å². The molecule has 8 nitrogen and oxygen atoms in total. The molecule has 8 heteroatoms. The van der Waals surface area contributed by atoms with Crippen LogP contribution in [-0.2, 0) is 16.1 Å². The minimum atomic E-state index is -0.899. The van der Waals surface area contributed by atoms with Crippen LogP contribution in [0.3, 0.4) is 0 Å². The summed E-state index contributed by atoms with van der Waals surface area (Å²) in [5, 5.41) is 13.7. The SMILES string of the molecule is COc1ccc(C2C(=C([O-])c3ccc(OCC(C)C)cc3)C(=O)C(=O)N2Cc2ccc[nH+]c2)cc1OC. The second-order valence-corrected chi connectivity index (χ2v) is 9.16. The molecule has 1 N–H and O–H groups in total. The van der Waals surface area contributed by atoms with Crippen molar-refractivity contribution in [2.75, 3.05) is 20.8 Å². The number of carbonyl (C=O) groups is 2. The van der Waals surface area contributed by atoms with E-state index in [1.165, 1.54) is 19.1 Å². The lowest BCUT2D eigenvalue weighted by Crippen LogP contribution is -2.29. The molecule has 1 atom stereocenters. The lowest BCUT2D eigenvalue weighted by Gasteiger charge is -2.28. The fourth-order valence-corrected chi connectivity index (χ4v) is 4.25. The number of rotatable bonds is 9. The van der Waals surface area contributed by atoms with Gasteiger partial charge >= 0.3 is 0 Å². The van der Waals surface area contributed by atoms with Gasteiger partial charge < -0.3 is 24.2 Å². The number of aromatic amines is 1. The Bertz CT molecular complexity index is 1300. The van der Waals surface area contributed by atoms with E-state index in [1.54, 1.807) is 54.9 Å². The first kappa shape index (κ1) is 25.8. The lowest BCUT2D eigenvalue weighted by atomic mass is 9.94. The van der Waals surface area contributed by atoms with Crippen molar-refractivity contribution in [3.63, 3.8) is 0 Å². The number of methoxy groups -OCH3 is 2. The minimum absolute atomic E-state index is 0.104. The fraction of sp³-hybridized carbons (Fsp3) is 0.276. The van der Waals surface area contributed by atoms with Crippen molar-refractivity contribution in [3.05, 3.63) is 89.3 Å². The summed E-state index contributed by atoms with van der Waals surface area (Å²) in [5.74, 6) is -0.143. The highest BCUT2D eigenvalue weighted by Crippen LogP contribution is 2.42. The molecule has 4 rings (SSSR count). The van der Waals surface area contributed by atoms with Gasteiger partial charge in [-0.25, -0.2) is 4.98 Å². The van der Waals surface area contributed by atoms with E-state index < -0.39 is 23.5 Å². The summed E-state index contributed by atoms with van der Waals surface area (Å²) in [6, 6.07) is 14.5. The topological polar surface area (TPSA) is 102 Å². The first-order valence-electron chi connectivity index (χ1n) is 12.0. The van der Waals surface area contributed by atoms with Crippen LogP contribution in [0.5, 0.6) is 17.2 Å². The van der Waals surface area contributed by atoms with Crippen LogP contribution >= 0.6 is 0 Å². The van der Waals surface area contributed by atoms with Gasteiger partial charge in [-0.2, -0.15) is 0 Å². The monoisotopic (exact) mass is 502 g/mol. The number of ketones is 1. The molecule has 1 aromatic heterocycles. The van der Waals surface area contributed by atoms with E-state index in [-0.39, 0.29) is 12.1 Å². The zero-order chi connectivity index (χ0) is 26.5. The molecule has 0 saturated carbocycles. The van der Waals surface area contributed by atoms with Crippen molar-refractivity contribution in [1.29, 1.82) is 0 Å². The summed E-state index contributed by atoms with van der Waals surface area (Å²) in [5.41, 5.74) is 1.55. The highest BCUT2D eigenvalue weighted by Gasteiger charge is 2.44. The van der Waals surface area contributed by atoms with Gasteiger partial charge in [0.25, 0.3) is 5.91 Å². The largest absolute Gasteiger partial charge is 0.872 e. The van der Waals surface area contributed by atoms with Crippen LogP contribution in [0.25, 0.3) is 5.76 Å². The molecule has 0 bridgehead atoms. The maximum Gasteiger partial charge on any atom is 0.295 e. The molecule has 2 aromatic carbocycles. The molecule has 1 saturated heterocycles. The van der Waals surface area contributed by atoms with Gasteiger partial charge in [0.2, 0.25) is 5.78 Å². The number of amides is 1. The molecule has 1 amide bonds. The second kappa shape index (κ2) is 11.2. The Morgan fingerprint density at radius 2 is 1.76 bits per heavy atom. The molecule has 0 aliphatic carbocycles. The number of ether oxygens (including phenoxy) is 3. The Balaban J connectivity index is 1.80. The highest BCUT2D eigenvalue weighted by atomic mass is 16.5. The summed E-state index contributed by atoms with van der Waals surface area (Å²) in [6.45, 7) is 4.78. The van der Waals surface area contributed by atoms with Crippen LogP contribution in [0.2, 0.25) is 0 Å². The molecule has 2 heterocycles. The van der Waals surface area contributed by atoms with Crippen LogP contribution in [-0.4, -0.2) is 37.4 Å². The van der Waals surface area contributed by atoms with E-state index >= 15 is 0 Å². The Morgan fingerprint density at radius 1 is 1.03 bits per heavy atom. The average molecular weight is 503 g/mol. The third-order valence-electron chi connectivity index (χ3n) is 6.08. The van der Waals surface area contributed by atoms with E-state index in [0.717, 1.165) is 5.56 Å². The Hall–Kier alpha value is -4.33. The number of hydrogen-bond donors (Lipinski definition) is 0. The molecule has 37 heavy (non-hydrogen) atoms. The van der Waals surface area contributed by atoms with E-state index in [2.05, 4.69) is 4.98 Å². The minimum Gasteiger partial charge on any atom is -0.872 e. The van der Waals surface area contributed by atoms with E-state index in [1.807, 2.05) is 26.0 Å². The Morgan fingerprint density at radius 3 is 2.38 bits per heavy atom. The summed E-state index contributed by atoms with van der Waals surface area (Å²) >= 11 is 0. The van der Waals surface area contributed by atoms with Crippen molar-refractivity contribution >= 4 is 17.4 Å². The predicted octanol–water partition coefficient (Wildman–Crippen LogP) is 2.98. The van der Waals surface area contributed by atoms with Gasteiger partial charge in [-0.1, -0.05) is 37.8 Å². The molecule has 0 radical (unpaired) electrons. The first-order chi connectivity index (χ1) is 17.8. The normalized spacial score (nSPS) is 16.8. The summed E-state index contributed by atoms with van der Waals surface area (Å²) in [7, 11) is 3.02. The predicted molar refractivity (Wildman–Crippen MR) is 135 cm³/mol. The number of nitrogens with zero attached hydrogens (tertiary/aromatic N) is 1. The Kier molecular flexibility index (Phi) is 7.77. The summed E-state index contributed by atoms with van der Waals surface area (Å²) in [4.78, 5) is 30.9. The number of likely N-dealkylation sites (tertiary alicyclic amines) is 1. The number of Topliss-reactive ketones (excluding diaryl/α,β-unsaturated/α-hetero) is 1. The smallest absolute Gasteiger partial charge is 0.295 e. The quantitative estimate of drug-likeness (QED) is 0.253. The second-order valence-electron chi connectivity index (χ2n) is 9.16. The van der Waals surface area contributed by atoms with Crippen LogP contribution in [0.1, 0.15) is 36.6 Å². The van der Waals surface area contributed by atoms with Crippen molar-refractivity contribution in [2.45, 2.75) is 26.4 Å². The third kappa shape index (κ3) is 5.43. The maximum atomic E-state index is 13.7. The molecule has 192 valence electrons. The molecule has 1 fully saturated rings. The lowest BCUT2D eigenvalue weighted by molar-refractivity contribution is -0.378. The number of pyridine rings is 1. The van der Waals surface area contributed by atoms with Gasteiger partial charge in [-0.3, -0.25) is 9.59 Å². The standard InChI is InChI=1S/C29H30N2O6/c1-18(2)17-37-22-10-7-20(8-11-22)27(32)25-26(21-9-12-23(35-3)24(14-21)36-4)31(29(34)28(25)33)16-19-6-5-13-30-15-19/h5-15,18,26,32H,16-17H2,1-4H3. The van der Waals surface area contributed by atoms with Gasteiger partial charge in [0.15, 0.2) is 23.9 Å². The number of H-pyrrole nitrogens is 1.